The van der Waals surface area contributed by atoms with Crippen LogP contribution in [0.2, 0.25) is 0 Å². The van der Waals surface area contributed by atoms with Crippen LogP contribution in [0.4, 0.5) is 5.69 Å². The summed E-state index contributed by atoms with van der Waals surface area (Å²) in [6.45, 7) is 0.754. The van der Waals surface area contributed by atoms with Gasteiger partial charge in [-0.1, -0.05) is 12.1 Å². The molecule has 0 aliphatic carbocycles. The molecule has 3 atom stereocenters. The maximum atomic E-state index is 9.81. The van der Waals surface area contributed by atoms with Crippen molar-refractivity contribution in [2.45, 2.75) is 25.0 Å². The van der Waals surface area contributed by atoms with Gasteiger partial charge in [0.05, 0.1) is 23.8 Å². The van der Waals surface area contributed by atoms with E-state index in [1.54, 1.807) is 6.07 Å². The lowest BCUT2D eigenvalue weighted by atomic mass is 9.77. The zero-order valence-corrected chi connectivity index (χ0v) is 12.7. The molecule has 4 heteroatoms. The van der Waals surface area contributed by atoms with Crippen LogP contribution >= 0.6 is 0 Å². The Balaban J connectivity index is 1.79. The Bertz CT molecular complexity index is 781. The molecule has 4 rings (SSSR count). The molecule has 2 aromatic rings. The van der Waals surface area contributed by atoms with Gasteiger partial charge in [-0.2, -0.15) is 5.26 Å². The molecule has 4 nitrogen and oxygen atoms in total. The fraction of sp³-hybridized carbons (Fsp3) is 0.316. The summed E-state index contributed by atoms with van der Waals surface area (Å²) in [5.74, 6) is 0.579. The van der Waals surface area contributed by atoms with Crippen molar-refractivity contribution >= 4 is 5.69 Å². The number of fused-ring (bicyclic) bond motifs is 3. The number of aromatic hydroxyl groups is 1. The minimum atomic E-state index is 0.000601. The number of anilines is 1. The summed E-state index contributed by atoms with van der Waals surface area (Å²) in [5, 5.41) is 22.6. The average molecular weight is 306 g/mol. The Morgan fingerprint density at radius 2 is 2.13 bits per heavy atom. The Hall–Kier alpha value is -2.51. The van der Waals surface area contributed by atoms with E-state index in [2.05, 4.69) is 11.4 Å². The molecule has 0 amide bonds. The maximum Gasteiger partial charge on any atom is 0.115 e. The highest BCUT2D eigenvalue weighted by Gasteiger charge is 2.39. The average Bonchev–Trinajstić information content (AvgIpc) is 2.60. The summed E-state index contributed by atoms with van der Waals surface area (Å²) in [7, 11) is 0. The molecule has 2 aliphatic rings. The Labute approximate surface area is 135 Å². The molecule has 0 spiro atoms. The highest BCUT2D eigenvalue weighted by Crippen LogP contribution is 2.49. The van der Waals surface area contributed by atoms with Crippen LogP contribution in [0.25, 0.3) is 0 Å². The van der Waals surface area contributed by atoms with Gasteiger partial charge in [-0.3, -0.25) is 0 Å². The predicted octanol–water partition coefficient (Wildman–Crippen LogP) is 3.90. The van der Waals surface area contributed by atoms with Crippen molar-refractivity contribution in [1.82, 2.24) is 0 Å². The van der Waals surface area contributed by atoms with Crippen LogP contribution in [0, 0.1) is 17.2 Å². The van der Waals surface area contributed by atoms with Gasteiger partial charge >= 0.3 is 0 Å². The number of hydrogen-bond donors (Lipinski definition) is 2. The highest BCUT2D eigenvalue weighted by molar-refractivity contribution is 5.59. The smallest absolute Gasteiger partial charge is 0.115 e. The third-order valence-electron chi connectivity index (χ3n) is 4.82. The van der Waals surface area contributed by atoms with Crippen molar-refractivity contribution in [2.24, 2.45) is 5.92 Å². The second kappa shape index (κ2) is 5.60. The van der Waals surface area contributed by atoms with Crippen molar-refractivity contribution in [2.75, 3.05) is 11.9 Å². The van der Waals surface area contributed by atoms with Gasteiger partial charge in [-0.05, 0) is 48.7 Å². The van der Waals surface area contributed by atoms with E-state index in [0.717, 1.165) is 36.3 Å². The van der Waals surface area contributed by atoms with E-state index < -0.39 is 0 Å². The predicted molar refractivity (Wildman–Crippen MR) is 87.0 cm³/mol. The zero-order valence-electron chi connectivity index (χ0n) is 12.7. The van der Waals surface area contributed by atoms with Gasteiger partial charge in [0.25, 0.3) is 0 Å². The van der Waals surface area contributed by atoms with Crippen molar-refractivity contribution < 1.29 is 9.84 Å². The molecule has 0 saturated carbocycles. The van der Waals surface area contributed by atoms with Gasteiger partial charge in [0.2, 0.25) is 0 Å². The number of phenolic OH excluding ortho intramolecular Hbond substituents is 1. The Kier molecular flexibility index (Phi) is 3.44. The molecule has 0 bridgehead atoms. The lowest BCUT2D eigenvalue weighted by Gasteiger charge is -2.43. The molecule has 2 heterocycles. The molecule has 2 aliphatic heterocycles. The molecular formula is C19H18N2O2. The molecule has 2 N–H and O–H groups in total. The van der Waals surface area contributed by atoms with Gasteiger partial charge < -0.3 is 15.2 Å². The van der Waals surface area contributed by atoms with Crippen LogP contribution in [0.1, 0.15) is 41.7 Å². The van der Waals surface area contributed by atoms with Crippen molar-refractivity contribution in [3.8, 4) is 11.8 Å². The van der Waals surface area contributed by atoms with Crippen LogP contribution in [-0.4, -0.2) is 11.7 Å². The number of nitrogens with one attached hydrogen (secondary N) is 1. The van der Waals surface area contributed by atoms with E-state index in [-0.39, 0.29) is 17.9 Å². The van der Waals surface area contributed by atoms with Gasteiger partial charge in [-0.25, -0.2) is 0 Å². The first-order chi connectivity index (χ1) is 11.3. The highest BCUT2D eigenvalue weighted by atomic mass is 16.5. The molecule has 2 aromatic carbocycles. The van der Waals surface area contributed by atoms with E-state index in [1.165, 1.54) is 0 Å². The summed E-state index contributed by atoms with van der Waals surface area (Å²) in [6, 6.07) is 15.4. The number of nitrogens with zero attached hydrogens (tertiary/aromatic N) is 1. The zero-order chi connectivity index (χ0) is 15.8. The maximum absolute atomic E-state index is 9.81. The topological polar surface area (TPSA) is 65.3 Å². The molecule has 1 saturated heterocycles. The number of phenols is 1. The number of ether oxygens (including phenoxy) is 1. The molecule has 1 fully saturated rings. The number of rotatable bonds is 1. The second-order valence-electron chi connectivity index (χ2n) is 6.23. The molecule has 0 aromatic heterocycles. The first kappa shape index (κ1) is 14.1. The van der Waals surface area contributed by atoms with Gasteiger partial charge in [0.15, 0.2) is 0 Å². The first-order valence-electron chi connectivity index (χ1n) is 7.97. The van der Waals surface area contributed by atoms with Crippen LogP contribution < -0.4 is 5.32 Å². The summed E-state index contributed by atoms with van der Waals surface area (Å²) < 4.78 is 6.08. The molecule has 0 radical (unpaired) electrons. The third-order valence-corrected chi connectivity index (χ3v) is 4.82. The van der Waals surface area contributed by atoms with Gasteiger partial charge in [0.1, 0.15) is 5.75 Å². The summed E-state index contributed by atoms with van der Waals surface area (Å²) in [5.41, 5.74) is 3.82. The Morgan fingerprint density at radius 3 is 2.96 bits per heavy atom. The van der Waals surface area contributed by atoms with E-state index in [0.29, 0.717) is 11.5 Å². The van der Waals surface area contributed by atoms with Gasteiger partial charge in [0, 0.05) is 23.8 Å². The lowest BCUT2D eigenvalue weighted by molar-refractivity contribution is -0.0381. The largest absolute Gasteiger partial charge is 0.508 e. The van der Waals surface area contributed by atoms with Crippen molar-refractivity contribution in [1.29, 1.82) is 5.26 Å². The van der Waals surface area contributed by atoms with Crippen LogP contribution in [0.3, 0.4) is 0 Å². The molecule has 0 unspecified atom stereocenters. The minimum absolute atomic E-state index is 0.000601. The quantitative estimate of drug-likeness (QED) is 0.838. The minimum Gasteiger partial charge on any atom is -0.508 e. The van der Waals surface area contributed by atoms with Crippen LogP contribution in [0.15, 0.2) is 42.5 Å². The van der Waals surface area contributed by atoms with E-state index in [4.69, 9.17) is 10.00 Å². The second-order valence-corrected chi connectivity index (χ2v) is 6.23. The van der Waals surface area contributed by atoms with E-state index >= 15 is 0 Å². The molecule has 23 heavy (non-hydrogen) atoms. The normalized spacial score (nSPS) is 25.6. The number of nitriles is 1. The molecular weight excluding hydrogens is 288 g/mol. The summed E-state index contributed by atoms with van der Waals surface area (Å²) in [6.07, 6.45) is 2.10. The van der Waals surface area contributed by atoms with Gasteiger partial charge in [-0.15, -0.1) is 0 Å². The lowest BCUT2D eigenvalue weighted by Crippen LogP contribution is -2.36. The van der Waals surface area contributed by atoms with E-state index in [1.807, 2.05) is 36.4 Å². The Morgan fingerprint density at radius 1 is 1.22 bits per heavy atom. The fourth-order valence-corrected chi connectivity index (χ4v) is 3.79. The standard InChI is InChI=1S/C19H18N2O2/c20-11-12-6-7-17-16(9-12)19-15(5-2-8-23-19)18(21-17)13-3-1-4-14(22)10-13/h1,3-4,6-7,9-10,15,18-19,21-22H,2,5,8H2/t15-,18-,19-/m0/s1. The van der Waals surface area contributed by atoms with E-state index in [9.17, 15) is 5.11 Å². The number of hydrogen-bond acceptors (Lipinski definition) is 4. The van der Waals surface area contributed by atoms with Crippen LogP contribution in [-0.2, 0) is 4.74 Å². The molecule has 116 valence electrons. The van der Waals surface area contributed by atoms with Crippen molar-refractivity contribution in [3.05, 3.63) is 59.2 Å². The SMILES string of the molecule is N#Cc1ccc2c(c1)[C@H]1OCCC[C@H]1[C@H](c1cccc(O)c1)N2. The first-order valence-corrected chi connectivity index (χ1v) is 7.97. The monoisotopic (exact) mass is 306 g/mol. The number of benzene rings is 2. The fourth-order valence-electron chi connectivity index (χ4n) is 3.79. The summed E-state index contributed by atoms with van der Waals surface area (Å²) >= 11 is 0. The van der Waals surface area contributed by atoms with Crippen LogP contribution in [0.5, 0.6) is 5.75 Å². The third kappa shape index (κ3) is 2.43. The van der Waals surface area contributed by atoms with Crippen molar-refractivity contribution in [3.63, 3.8) is 0 Å². The summed E-state index contributed by atoms with van der Waals surface area (Å²) in [4.78, 5) is 0.